The van der Waals surface area contributed by atoms with Crippen molar-refractivity contribution < 1.29 is 9.59 Å². The van der Waals surface area contributed by atoms with Crippen molar-refractivity contribution in [2.75, 3.05) is 17.8 Å². The Hall–Kier alpha value is -2.18. The fraction of sp³-hybridized carbons (Fsp3) is 0.0714. The Labute approximate surface area is 130 Å². The molecule has 21 heavy (non-hydrogen) atoms. The fourth-order valence-corrected chi connectivity index (χ4v) is 2.62. The average molecular weight is 322 g/mol. The Balaban J connectivity index is 2.38. The zero-order valence-corrected chi connectivity index (χ0v) is 12.7. The van der Waals surface area contributed by atoms with Crippen molar-refractivity contribution in [2.45, 2.75) is 0 Å². The van der Waals surface area contributed by atoms with Crippen LogP contribution in [0.3, 0.4) is 0 Å². The number of carbonyl (C=O) groups excluding carboxylic acids is 2. The molecule has 0 bridgehead atoms. The van der Waals surface area contributed by atoms with Crippen molar-refractivity contribution in [3.05, 3.63) is 45.8 Å². The monoisotopic (exact) mass is 321 g/mol. The largest absolute Gasteiger partial charge is 0.390 e. The van der Waals surface area contributed by atoms with E-state index in [-0.39, 0.29) is 11.3 Å². The number of hydrogen-bond acceptors (Lipinski definition) is 6. The highest BCUT2D eigenvalue weighted by atomic mass is 35.5. The predicted octanol–water partition coefficient (Wildman–Crippen LogP) is 2.84. The van der Waals surface area contributed by atoms with Crippen molar-refractivity contribution in [2.24, 2.45) is 5.10 Å². The average Bonchev–Trinajstić information content (AvgIpc) is 2.86. The zero-order valence-electron chi connectivity index (χ0n) is 11.1. The van der Waals surface area contributed by atoms with E-state index in [1.165, 1.54) is 16.3 Å². The van der Waals surface area contributed by atoms with E-state index in [9.17, 15) is 9.59 Å². The van der Waals surface area contributed by atoms with Crippen LogP contribution in [0.1, 0.15) is 15.9 Å². The van der Waals surface area contributed by atoms with Gasteiger partial charge in [-0.25, -0.2) is 0 Å². The SMILES string of the molecule is CN(/N=C(/C=O)c1csc(N)c1C=O)c1ccc(Cl)cc1. The van der Waals surface area contributed by atoms with Crippen LogP contribution in [-0.2, 0) is 4.79 Å². The van der Waals surface area contributed by atoms with Gasteiger partial charge >= 0.3 is 0 Å². The number of carbonyl (C=O) groups is 2. The number of nitrogen functional groups attached to an aromatic ring is 1. The molecule has 0 atom stereocenters. The topological polar surface area (TPSA) is 75.8 Å². The third-order valence-electron chi connectivity index (χ3n) is 2.82. The first-order chi connectivity index (χ1) is 10.1. The molecular weight excluding hydrogens is 310 g/mol. The van der Waals surface area contributed by atoms with Gasteiger partial charge in [-0.2, -0.15) is 5.10 Å². The molecule has 5 nitrogen and oxygen atoms in total. The number of hydrazone groups is 1. The lowest BCUT2D eigenvalue weighted by atomic mass is 10.1. The van der Waals surface area contributed by atoms with E-state index >= 15 is 0 Å². The van der Waals surface area contributed by atoms with Crippen LogP contribution >= 0.6 is 22.9 Å². The summed E-state index contributed by atoms with van der Waals surface area (Å²) in [7, 11) is 1.70. The van der Waals surface area contributed by atoms with Crippen LogP contribution in [0, 0.1) is 0 Å². The molecule has 1 aromatic heterocycles. The van der Waals surface area contributed by atoms with Gasteiger partial charge in [0.2, 0.25) is 0 Å². The zero-order chi connectivity index (χ0) is 15.4. The molecule has 0 aliphatic rings. The van der Waals surface area contributed by atoms with E-state index in [1.54, 1.807) is 36.7 Å². The summed E-state index contributed by atoms with van der Waals surface area (Å²) in [6, 6.07) is 7.00. The summed E-state index contributed by atoms with van der Waals surface area (Å²) in [5.41, 5.74) is 7.31. The molecular formula is C14H12ClN3O2S. The summed E-state index contributed by atoms with van der Waals surface area (Å²) in [5, 5.41) is 8.37. The number of rotatable bonds is 5. The number of aldehydes is 2. The van der Waals surface area contributed by atoms with Crippen LogP contribution in [0.4, 0.5) is 10.7 Å². The van der Waals surface area contributed by atoms with Crippen molar-refractivity contribution in [1.29, 1.82) is 0 Å². The highest BCUT2D eigenvalue weighted by molar-refractivity contribution is 7.14. The van der Waals surface area contributed by atoms with Crippen LogP contribution in [0.25, 0.3) is 0 Å². The van der Waals surface area contributed by atoms with Gasteiger partial charge in [-0.05, 0) is 24.3 Å². The molecule has 2 rings (SSSR count). The minimum Gasteiger partial charge on any atom is -0.390 e. The summed E-state index contributed by atoms with van der Waals surface area (Å²) >= 11 is 7.02. The maximum atomic E-state index is 11.3. The van der Waals surface area contributed by atoms with Crippen LogP contribution < -0.4 is 10.7 Å². The van der Waals surface area contributed by atoms with Gasteiger partial charge in [-0.1, -0.05) is 11.6 Å². The minimum atomic E-state index is 0.141. The molecule has 7 heteroatoms. The third-order valence-corrected chi connectivity index (χ3v) is 3.90. The summed E-state index contributed by atoms with van der Waals surface area (Å²) in [6.45, 7) is 0. The fourth-order valence-electron chi connectivity index (χ4n) is 1.72. The maximum Gasteiger partial charge on any atom is 0.170 e. The van der Waals surface area contributed by atoms with Crippen LogP contribution in [-0.4, -0.2) is 25.3 Å². The van der Waals surface area contributed by atoms with Gasteiger partial charge in [0.1, 0.15) is 5.71 Å². The molecule has 2 aromatic rings. The smallest absolute Gasteiger partial charge is 0.170 e. The second-order valence-electron chi connectivity index (χ2n) is 4.15. The summed E-state index contributed by atoms with van der Waals surface area (Å²) in [6.07, 6.45) is 1.23. The van der Waals surface area contributed by atoms with E-state index in [0.29, 0.717) is 28.2 Å². The molecule has 0 unspecified atom stereocenters. The number of hydrogen-bond donors (Lipinski definition) is 1. The molecule has 0 saturated heterocycles. The Morgan fingerprint density at radius 2 is 2.00 bits per heavy atom. The van der Waals surface area contributed by atoms with Gasteiger partial charge in [0.05, 0.1) is 16.3 Å². The van der Waals surface area contributed by atoms with Gasteiger partial charge in [0.15, 0.2) is 12.6 Å². The minimum absolute atomic E-state index is 0.141. The molecule has 0 spiro atoms. The molecule has 0 aliphatic carbocycles. The van der Waals surface area contributed by atoms with Crippen LogP contribution in [0.5, 0.6) is 0 Å². The number of anilines is 2. The van der Waals surface area contributed by atoms with Gasteiger partial charge in [-0.15, -0.1) is 11.3 Å². The van der Waals surface area contributed by atoms with Gasteiger partial charge < -0.3 is 5.73 Å². The lowest BCUT2D eigenvalue weighted by Gasteiger charge is -2.14. The first-order valence-corrected chi connectivity index (χ1v) is 7.18. The van der Waals surface area contributed by atoms with Crippen molar-refractivity contribution in [3.8, 4) is 0 Å². The Morgan fingerprint density at radius 1 is 1.33 bits per heavy atom. The maximum absolute atomic E-state index is 11.3. The van der Waals surface area contributed by atoms with Crippen molar-refractivity contribution >= 4 is 51.9 Å². The number of nitrogens with zero attached hydrogens (tertiary/aromatic N) is 2. The van der Waals surface area contributed by atoms with E-state index < -0.39 is 0 Å². The van der Waals surface area contributed by atoms with Crippen molar-refractivity contribution in [3.63, 3.8) is 0 Å². The Kier molecular flexibility index (Phi) is 4.72. The molecule has 1 heterocycles. The second-order valence-corrected chi connectivity index (χ2v) is 5.50. The second kappa shape index (κ2) is 6.51. The Bertz CT molecular complexity index is 695. The normalized spacial score (nSPS) is 11.2. The highest BCUT2D eigenvalue weighted by Gasteiger charge is 2.14. The van der Waals surface area contributed by atoms with E-state index in [4.69, 9.17) is 17.3 Å². The Morgan fingerprint density at radius 3 is 2.57 bits per heavy atom. The number of nitrogens with two attached hydrogens (primary N) is 1. The lowest BCUT2D eigenvalue weighted by Crippen LogP contribution is -2.15. The predicted molar refractivity (Wildman–Crippen MR) is 86.6 cm³/mol. The molecule has 0 radical (unpaired) electrons. The highest BCUT2D eigenvalue weighted by Crippen LogP contribution is 2.24. The molecule has 2 N–H and O–H groups in total. The van der Waals surface area contributed by atoms with Crippen molar-refractivity contribution in [1.82, 2.24) is 0 Å². The lowest BCUT2D eigenvalue weighted by molar-refractivity contribution is -0.102. The van der Waals surface area contributed by atoms with E-state index in [2.05, 4.69) is 5.10 Å². The number of halogens is 1. The quantitative estimate of drug-likeness (QED) is 0.522. The summed E-state index contributed by atoms with van der Waals surface area (Å²) in [4.78, 5) is 22.3. The first kappa shape index (κ1) is 15.2. The third kappa shape index (κ3) is 3.29. The number of thiophene rings is 1. The molecule has 0 saturated carbocycles. The molecule has 0 aliphatic heterocycles. The standard InChI is InChI=1S/C14H12ClN3O2S/c1-18(10-4-2-9(15)3-5-10)17-13(7-20)12-8-21-14(16)11(12)6-19/h2-8H,16H2,1H3/b17-13-. The van der Waals surface area contributed by atoms with Gasteiger partial charge in [0.25, 0.3) is 0 Å². The summed E-state index contributed by atoms with van der Waals surface area (Å²) < 4.78 is 0. The van der Waals surface area contributed by atoms with E-state index in [1.807, 2.05) is 0 Å². The first-order valence-electron chi connectivity index (χ1n) is 5.92. The number of benzene rings is 1. The van der Waals surface area contributed by atoms with Crippen LogP contribution in [0.2, 0.25) is 5.02 Å². The summed E-state index contributed by atoms with van der Waals surface area (Å²) in [5.74, 6) is 0. The van der Waals surface area contributed by atoms with Gasteiger partial charge in [0, 0.05) is 23.0 Å². The molecule has 0 amide bonds. The van der Waals surface area contributed by atoms with Gasteiger partial charge in [-0.3, -0.25) is 14.6 Å². The molecule has 1 aromatic carbocycles. The molecule has 0 fully saturated rings. The molecule has 108 valence electrons. The van der Waals surface area contributed by atoms with Crippen LogP contribution in [0.15, 0.2) is 34.7 Å². The van der Waals surface area contributed by atoms with E-state index in [0.717, 1.165) is 5.69 Å².